The van der Waals surface area contributed by atoms with Crippen molar-refractivity contribution in [2.45, 2.75) is 36.4 Å². The molecule has 0 aliphatic heterocycles. The van der Waals surface area contributed by atoms with Crippen molar-refractivity contribution in [3.8, 4) is 23.0 Å². The molecule has 0 spiro atoms. The second-order valence-corrected chi connectivity index (χ2v) is 15.3. The van der Waals surface area contributed by atoms with E-state index in [2.05, 4.69) is 35.9 Å². The quantitative estimate of drug-likeness (QED) is 0.129. The van der Waals surface area contributed by atoms with Crippen molar-refractivity contribution in [1.82, 2.24) is 30.6 Å². The number of nitrogens with zero attached hydrogens (tertiary/aromatic N) is 4. The van der Waals surface area contributed by atoms with Crippen LogP contribution in [0.1, 0.15) is 53.1 Å². The molecule has 15 heteroatoms. The number of nitrogens with one attached hydrogen (secondary N) is 3. The van der Waals surface area contributed by atoms with Crippen molar-refractivity contribution < 1.29 is 23.3 Å². The lowest BCUT2D eigenvalue weighted by Gasteiger charge is -2.21. The summed E-state index contributed by atoms with van der Waals surface area (Å²) in [5, 5.41) is 9.56. The number of rotatable bonds is 10. The summed E-state index contributed by atoms with van der Waals surface area (Å²) >= 11 is 3.02. The zero-order chi connectivity index (χ0) is 35.7. The van der Waals surface area contributed by atoms with E-state index < -0.39 is 10.8 Å². The fourth-order valence-electron chi connectivity index (χ4n) is 5.46. The Bertz CT molecular complexity index is 2180. The Morgan fingerprint density at radius 1 is 0.745 bits per heavy atom. The van der Waals surface area contributed by atoms with Gasteiger partial charge in [-0.2, -0.15) is 0 Å². The molecule has 12 nitrogen and oxygen atoms in total. The van der Waals surface area contributed by atoms with Gasteiger partial charge in [-0.1, -0.05) is 30.6 Å². The van der Waals surface area contributed by atoms with Crippen molar-refractivity contribution in [2.75, 3.05) is 32.2 Å². The highest BCUT2D eigenvalue weighted by Gasteiger charge is 2.15. The predicted octanol–water partition coefficient (Wildman–Crippen LogP) is 7.42. The van der Waals surface area contributed by atoms with Crippen molar-refractivity contribution >= 4 is 70.9 Å². The zero-order valence-electron chi connectivity index (χ0n) is 28.3. The molecule has 2 amide bonds. The van der Waals surface area contributed by atoms with Crippen LogP contribution in [0.2, 0.25) is 0 Å². The lowest BCUT2D eigenvalue weighted by atomic mass is 9.89. The van der Waals surface area contributed by atoms with E-state index in [1.807, 2.05) is 30.3 Å². The Hall–Kier alpha value is -4.99. The first-order valence-electron chi connectivity index (χ1n) is 16.4. The molecule has 1 aliphatic rings. The third-order valence-electron chi connectivity index (χ3n) is 8.07. The van der Waals surface area contributed by atoms with Crippen LogP contribution in [0.25, 0.3) is 20.4 Å². The number of amides is 2. The van der Waals surface area contributed by atoms with Gasteiger partial charge in [-0.05, 0) is 55.2 Å². The van der Waals surface area contributed by atoms with Crippen molar-refractivity contribution in [1.29, 1.82) is 0 Å². The Morgan fingerprint density at radius 2 is 1.27 bits per heavy atom. The smallest absolute Gasteiger partial charge is 0.269 e. The van der Waals surface area contributed by atoms with E-state index in [9.17, 15) is 13.8 Å². The molecule has 0 bridgehead atoms. The Labute approximate surface area is 305 Å². The topological polar surface area (TPSA) is 157 Å². The number of hydrogen-bond acceptors (Lipinski definition) is 12. The largest absolute Gasteiger partial charge is 0.457 e. The maximum atomic E-state index is 11.7. The molecule has 0 saturated heterocycles. The van der Waals surface area contributed by atoms with Gasteiger partial charge in [0.15, 0.2) is 9.47 Å². The highest BCUT2D eigenvalue weighted by atomic mass is 32.2. The minimum atomic E-state index is -1.10. The molecule has 1 atom stereocenters. The maximum Gasteiger partial charge on any atom is 0.269 e. The van der Waals surface area contributed by atoms with Crippen LogP contribution in [-0.2, 0) is 10.8 Å². The molecular weight excluding hydrogens is 707 g/mol. The number of pyridine rings is 2. The number of ether oxygens (including phenoxy) is 2. The van der Waals surface area contributed by atoms with Gasteiger partial charge < -0.3 is 25.4 Å². The molecule has 1 fully saturated rings. The standard InChI is InChI=1S/C21H24N4O2S.C15H13N3O3S2/c1-22-20(26)18-11-16(9-10-23-18)27-15-7-8-17-19(12-15)28-21(25-17)24-13-14-5-3-2-4-6-14;1-16-14(19)12-7-10(5-6-17-12)21-9-3-4-11-13(8-9)22-15(18-11)23(2)20/h7-12,14H,2-6,13H2,1H3,(H,22,26)(H,24,25);3-8H,1-2H3,(H,16,19). The van der Waals surface area contributed by atoms with Gasteiger partial charge in [0.25, 0.3) is 11.8 Å². The Morgan fingerprint density at radius 3 is 1.82 bits per heavy atom. The Kier molecular flexibility index (Phi) is 11.8. The van der Waals surface area contributed by atoms with Crippen LogP contribution in [0, 0.1) is 5.92 Å². The molecule has 1 unspecified atom stereocenters. The summed E-state index contributed by atoms with van der Waals surface area (Å²) in [5.74, 6) is 2.67. The van der Waals surface area contributed by atoms with Gasteiger partial charge in [-0.15, -0.1) is 11.3 Å². The summed E-state index contributed by atoms with van der Waals surface area (Å²) in [5.41, 5.74) is 2.36. The lowest BCUT2D eigenvalue weighted by Crippen LogP contribution is -2.18. The molecule has 264 valence electrons. The fraction of sp³-hybridized carbons (Fsp3) is 0.278. The van der Waals surface area contributed by atoms with E-state index in [1.54, 1.807) is 68.2 Å². The van der Waals surface area contributed by atoms with E-state index in [0.717, 1.165) is 38.0 Å². The summed E-state index contributed by atoms with van der Waals surface area (Å²) in [4.78, 5) is 40.4. The van der Waals surface area contributed by atoms with Crippen LogP contribution in [0.4, 0.5) is 5.13 Å². The molecule has 4 heterocycles. The van der Waals surface area contributed by atoms with Gasteiger partial charge in [0, 0.05) is 63.6 Å². The minimum absolute atomic E-state index is 0.239. The molecular formula is C36H37N7O5S3. The highest BCUT2D eigenvalue weighted by Crippen LogP contribution is 2.33. The van der Waals surface area contributed by atoms with Gasteiger partial charge in [-0.3, -0.25) is 23.8 Å². The Balaban J connectivity index is 0.000000179. The number of carbonyl (C=O) groups is 2. The van der Waals surface area contributed by atoms with Crippen LogP contribution in [0.5, 0.6) is 23.0 Å². The van der Waals surface area contributed by atoms with Gasteiger partial charge in [0.05, 0.1) is 31.2 Å². The highest BCUT2D eigenvalue weighted by molar-refractivity contribution is 7.86. The lowest BCUT2D eigenvalue weighted by molar-refractivity contribution is 0.0950. The second-order valence-electron chi connectivity index (χ2n) is 11.7. The summed E-state index contributed by atoms with van der Waals surface area (Å²) in [7, 11) is 2.02. The minimum Gasteiger partial charge on any atom is -0.457 e. The van der Waals surface area contributed by atoms with Gasteiger partial charge >= 0.3 is 0 Å². The molecule has 7 rings (SSSR count). The number of anilines is 1. The number of benzene rings is 2. The van der Waals surface area contributed by atoms with E-state index in [4.69, 9.17) is 9.47 Å². The number of aromatic nitrogens is 4. The third kappa shape index (κ3) is 9.42. The molecule has 4 aromatic heterocycles. The third-order valence-corrected chi connectivity index (χ3v) is 11.4. The van der Waals surface area contributed by atoms with E-state index in [1.165, 1.54) is 49.6 Å². The predicted molar refractivity (Wildman–Crippen MR) is 202 cm³/mol. The molecule has 51 heavy (non-hydrogen) atoms. The number of hydrogen-bond donors (Lipinski definition) is 3. The molecule has 1 aliphatic carbocycles. The first kappa shape index (κ1) is 35.8. The molecule has 1 saturated carbocycles. The van der Waals surface area contributed by atoms with Gasteiger partial charge in [-0.25, -0.2) is 9.97 Å². The summed E-state index contributed by atoms with van der Waals surface area (Å²) in [6, 6.07) is 17.9. The van der Waals surface area contributed by atoms with Gasteiger partial charge in [0.2, 0.25) is 0 Å². The average Bonchev–Trinajstić information content (AvgIpc) is 3.78. The molecule has 3 N–H and O–H groups in total. The first-order valence-corrected chi connectivity index (χ1v) is 19.6. The molecule has 6 aromatic rings. The number of fused-ring (bicyclic) bond motifs is 2. The van der Waals surface area contributed by atoms with Crippen LogP contribution >= 0.6 is 22.7 Å². The van der Waals surface area contributed by atoms with Crippen LogP contribution in [0.3, 0.4) is 0 Å². The summed E-state index contributed by atoms with van der Waals surface area (Å²) < 4.78 is 25.8. The van der Waals surface area contributed by atoms with E-state index in [-0.39, 0.29) is 17.5 Å². The maximum absolute atomic E-state index is 11.7. The van der Waals surface area contributed by atoms with Crippen molar-refractivity contribution in [2.24, 2.45) is 5.92 Å². The number of thiazole rings is 2. The van der Waals surface area contributed by atoms with Crippen LogP contribution in [-0.4, -0.2) is 62.9 Å². The summed E-state index contributed by atoms with van der Waals surface area (Å²) in [6.07, 6.45) is 11.4. The summed E-state index contributed by atoms with van der Waals surface area (Å²) in [6.45, 7) is 1.00. The van der Waals surface area contributed by atoms with Crippen LogP contribution in [0.15, 0.2) is 77.4 Å². The fourth-order valence-corrected chi connectivity index (χ4v) is 8.06. The molecule has 0 radical (unpaired) electrons. The molecule has 2 aromatic carbocycles. The normalized spacial score (nSPS) is 13.5. The van der Waals surface area contributed by atoms with E-state index >= 15 is 0 Å². The van der Waals surface area contributed by atoms with Crippen molar-refractivity contribution in [3.05, 3.63) is 84.4 Å². The average molecular weight is 744 g/mol. The van der Waals surface area contributed by atoms with Crippen LogP contribution < -0.4 is 25.4 Å². The zero-order valence-corrected chi connectivity index (χ0v) is 30.8. The van der Waals surface area contributed by atoms with Crippen molar-refractivity contribution in [3.63, 3.8) is 0 Å². The SMILES string of the molecule is CNC(=O)c1cc(Oc2ccc3nc(NCC4CCCCC4)sc3c2)ccn1.CNC(=O)c1cc(Oc2ccc3nc(S(C)=O)sc3c2)ccn1. The number of carbonyl (C=O) groups excluding carboxylic acids is 2. The second kappa shape index (κ2) is 16.8. The van der Waals surface area contributed by atoms with Gasteiger partial charge in [0.1, 0.15) is 34.4 Å². The van der Waals surface area contributed by atoms with E-state index in [0.29, 0.717) is 33.0 Å². The first-order chi connectivity index (χ1) is 24.8. The monoisotopic (exact) mass is 743 g/mol.